The molecular weight excluding hydrogens is 414 g/mol. The summed E-state index contributed by atoms with van der Waals surface area (Å²) in [7, 11) is 0. The summed E-state index contributed by atoms with van der Waals surface area (Å²) in [5, 5.41) is 3.75. The molecule has 0 atom stereocenters. The lowest BCUT2D eigenvalue weighted by atomic mass is 10.2. The van der Waals surface area contributed by atoms with Gasteiger partial charge in [-0.3, -0.25) is 0 Å². The average molecular weight is 427 g/mol. The van der Waals surface area contributed by atoms with Gasteiger partial charge in [-0.25, -0.2) is 10.2 Å². The Balaban J connectivity index is 2.10. The molecule has 0 bridgehead atoms. The van der Waals surface area contributed by atoms with Gasteiger partial charge in [0.25, 0.3) is 0 Å². The molecule has 3 N–H and O–H groups in total. The third-order valence-corrected chi connectivity index (χ3v) is 3.68. The van der Waals surface area contributed by atoms with Crippen LogP contribution in [0.15, 0.2) is 56.5 Å². The first kappa shape index (κ1) is 16.5. The minimum Gasteiger partial charge on any atom is -0.488 e. The second-order valence-electron chi connectivity index (χ2n) is 4.33. The summed E-state index contributed by atoms with van der Waals surface area (Å²) in [6, 6.07) is 12.7. The van der Waals surface area contributed by atoms with E-state index in [-0.39, 0.29) is 0 Å². The minimum absolute atomic E-state index is 0.430. The topological polar surface area (TPSA) is 76.7 Å². The molecule has 7 heteroatoms. The minimum atomic E-state index is -0.719. The second kappa shape index (κ2) is 7.95. The van der Waals surface area contributed by atoms with Crippen molar-refractivity contribution in [2.75, 3.05) is 0 Å². The molecule has 0 aliphatic carbocycles. The van der Waals surface area contributed by atoms with Crippen LogP contribution in [0.5, 0.6) is 5.75 Å². The number of nitrogens with two attached hydrogens (primary N) is 1. The molecule has 2 amide bonds. The number of hydrogen-bond donors (Lipinski definition) is 2. The van der Waals surface area contributed by atoms with Crippen LogP contribution in [0.25, 0.3) is 0 Å². The smallest absolute Gasteiger partial charge is 0.332 e. The molecule has 22 heavy (non-hydrogen) atoms. The van der Waals surface area contributed by atoms with Crippen LogP contribution in [0, 0.1) is 0 Å². The van der Waals surface area contributed by atoms with Crippen molar-refractivity contribution in [3.05, 3.63) is 62.5 Å². The number of carbonyl (C=O) groups excluding carboxylic acids is 1. The SMILES string of the molecule is NC(=O)NN=Cc1cc(Br)ccc1OCc1ccc(Br)cc1. The van der Waals surface area contributed by atoms with Gasteiger partial charge in [0.15, 0.2) is 0 Å². The predicted molar refractivity (Wildman–Crippen MR) is 92.9 cm³/mol. The summed E-state index contributed by atoms with van der Waals surface area (Å²) >= 11 is 6.78. The Labute approximate surface area is 144 Å². The standard InChI is InChI=1S/C15H13Br2N3O2/c16-12-3-1-10(2-4-12)9-22-14-6-5-13(17)7-11(14)8-19-20-15(18)21/h1-8H,9H2,(H3,18,20,21). The first-order valence-corrected chi connectivity index (χ1v) is 7.88. The fraction of sp³-hybridized carbons (Fsp3) is 0.0667. The number of hydrazone groups is 1. The van der Waals surface area contributed by atoms with Crippen LogP contribution in [-0.2, 0) is 6.61 Å². The summed E-state index contributed by atoms with van der Waals surface area (Å²) in [6.45, 7) is 0.430. The van der Waals surface area contributed by atoms with Crippen LogP contribution in [-0.4, -0.2) is 12.2 Å². The number of carbonyl (C=O) groups is 1. The molecule has 0 aliphatic heterocycles. The van der Waals surface area contributed by atoms with E-state index in [1.54, 1.807) is 0 Å². The Morgan fingerprint density at radius 1 is 1.18 bits per heavy atom. The fourth-order valence-corrected chi connectivity index (χ4v) is 2.30. The zero-order valence-corrected chi connectivity index (χ0v) is 14.6. The normalized spacial score (nSPS) is 10.6. The largest absolute Gasteiger partial charge is 0.488 e. The van der Waals surface area contributed by atoms with E-state index in [9.17, 15) is 4.79 Å². The van der Waals surface area contributed by atoms with Crippen LogP contribution in [0.3, 0.4) is 0 Å². The molecule has 5 nitrogen and oxygen atoms in total. The summed E-state index contributed by atoms with van der Waals surface area (Å²) in [6.07, 6.45) is 1.48. The third-order valence-electron chi connectivity index (χ3n) is 2.66. The van der Waals surface area contributed by atoms with Crippen molar-refractivity contribution in [2.45, 2.75) is 6.61 Å². The summed E-state index contributed by atoms with van der Waals surface area (Å²) in [4.78, 5) is 10.6. The molecule has 0 aliphatic rings. The van der Waals surface area contributed by atoms with Gasteiger partial charge < -0.3 is 10.5 Å². The van der Waals surface area contributed by atoms with Crippen LogP contribution in [0.4, 0.5) is 4.79 Å². The molecule has 0 heterocycles. The van der Waals surface area contributed by atoms with Crippen LogP contribution < -0.4 is 15.9 Å². The highest BCUT2D eigenvalue weighted by atomic mass is 79.9. The first-order valence-electron chi connectivity index (χ1n) is 6.30. The van der Waals surface area contributed by atoms with Crippen molar-refractivity contribution in [3.8, 4) is 5.75 Å². The Morgan fingerprint density at radius 2 is 1.86 bits per heavy atom. The molecule has 0 radical (unpaired) electrons. The van der Waals surface area contributed by atoms with Crippen LogP contribution in [0.2, 0.25) is 0 Å². The van der Waals surface area contributed by atoms with Gasteiger partial charge in [0, 0.05) is 14.5 Å². The number of ether oxygens (including phenoxy) is 1. The molecule has 2 aromatic carbocycles. The molecule has 0 spiro atoms. The van der Waals surface area contributed by atoms with E-state index in [1.165, 1.54) is 6.21 Å². The van der Waals surface area contributed by atoms with Crippen molar-refractivity contribution in [3.63, 3.8) is 0 Å². The number of benzene rings is 2. The van der Waals surface area contributed by atoms with Gasteiger partial charge in [-0.1, -0.05) is 44.0 Å². The highest BCUT2D eigenvalue weighted by molar-refractivity contribution is 9.10. The molecule has 0 saturated carbocycles. The Morgan fingerprint density at radius 3 is 2.55 bits per heavy atom. The monoisotopic (exact) mass is 425 g/mol. The summed E-state index contributed by atoms with van der Waals surface area (Å²) < 4.78 is 7.70. The third kappa shape index (κ3) is 5.16. The highest BCUT2D eigenvalue weighted by Gasteiger charge is 2.04. The molecule has 0 fully saturated rings. The van der Waals surface area contributed by atoms with E-state index >= 15 is 0 Å². The maximum Gasteiger partial charge on any atom is 0.332 e. The number of urea groups is 1. The first-order chi connectivity index (χ1) is 10.5. The van der Waals surface area contributed by atoms with Gasteiger partial charge in [0.2, 0.25) is 0 Å². The fourth-order valence-electron chi connectivity index (χ4n) is 1.66. The van der Waals surface area contributed by atoms with E-state index in [0.29, 0.717) is 12.4 Å². The Kier molecular flexibility index (Phi) is 5.97. The lowest BCUT2D eigenvalue weighted by Gasteiger charge is -2.09. The number of halogens is 2. The van der Waals surface area contributed by atoms with E-state index in [1.807, 2.05) is 42.5 Å². The van der Waals surface area contributed by atoms with Crippen LogP contribution >= 0.6 is 31.9 Å². The molecule has 0 unspecified atom stereocenters. The van der Waals surface area contributed by atoms with E-state index in [2.05, 4.69) is 42.4 Å². The molecular formula is C15H13Br2N3O2. The van der Waals surface area contributed by atoms with Crippen molar-refractivity contribution < 1.29 is 9.53 Å². The van der Waals surface area contributed by atoms with Gasteiger partial charge in [-0.05, 0) is 35.9 Å². The molecule has 2 aromatic rings. The summed E-state index contributed by atoms with van der Waals surface area (Å²) in [5.41, 5.74) is 8.88. The quantitative estimate of drug-likeness (QED) is 0.563. The number of nitrogens with one attached hydrogen (secondary N) is 1. The van der Waals surface area contributed by atoms with Crippen molar-refractivity contribution in [1.29, 1.82) is 0 Å². The number of primary amides is 1. The number of rotatable bonds is 5. The van der Waals surface area contributed by atoms with Gasteiger partial charge in [-0.15, -0.1) is 0 Å². The van der Waals surface area contributed by atoms with Gasteiger partial charge in [0.05, 0.1) is 6.21 Å². The van der Waals surface area contributed by atoms with Crippen molar-refractivity contribution in [1.82, 2.24) is 5.43 Å². The molecule has 0 saturated heterocycles. The van der Waals surface area contributed by atoms with Crippen molar-refractivity contribution >= 4 is 44.1 Å². The number of hydrogen-bond acceptors (Lipinski definition) is 3. The highest BCUT2D eigenvalue weighted by Crippen LogP contribution is 2.23. The lowest BCUT2D eigenvalue weighted by molar-refractivity contribution is 0.249. The predicted octanol–water partition coefficient (Wildman–Crippen LogP) is 3.79. The summed E-state index contributed by atoms with van der Waals surface area (Å²) in [5.74, 6) is 0.654. The maximum atomic E-state index is 10.6. The van der Waals surface area contributed by atoms with E-state index < -0.39 is 6.03 Å². The maximum absolute atomic E-state index is 10.6. The zero-order chi connectivity index (χ0) is 15.9. The second-order valence-corrected chi connectivity index (χ2v) is 6.16. The van der Waals surface area contributed by atoms with E-state index in [0.717, 1.165) is 20.1 Å². The molecule has 2 rings (SSSR count). The van der Waals surface area contributed by atoms with Crippen LogP contribution in [0.1, 0.15) is 11.1 Å². The Bertz CT molecular complexity index is 688. The van der Waals surface area contributed by atoms with Gasteiger partial charge in [-0.2, -0.15) is 5.10 Å². The number of amides is 2. The van der Waals surface area contributed by atoms with E-state index in [4.69, 9.17) is 10.5 Å². The number of nitrogens with zero attached hydrogens (tertiary/aromatic N) is 1. The van der Waals surface area contributed by atoms with Gasteiger partial charge in [0.1, 0.15) is 12.4 Å². The van der Waals surface area contributed by atoms with Crippen molar-refractivity contribution in [2.24, 2.45) is 10.8 Å². The Hall–Kier alpha value is -1.86. The zero-order valence-electron chi connectivity index (χ0n) is 11.4. The molecule has 114 valence electrons. The van der Waals surface area contributed by atoms with Gasteiger partial charge >= 0.3 is 6.03 Å². The average Bonchev–Trinajstić information content (AvgIpc) is 2.48. The lowest BCUT2D eigenvalue weighted by Crippen LogP contribution is -2.24. The molecule has 0 aromatic heterocycles.